The van der Waals surface area contributed by atoms with Crippen LogP contribution in [0.1, 0.15) is 30.0 Å². The van der Waals surface area contributed by atoms with Gasteiger partial charge in [0.05, 0.1) is 11.1 Å². The quantitative estimate of drug-likeness (QED) is 0.473. The number of carbonyl (C=O) groups is 1. The Morgan fingerprint density at radius 3 is 2.45 bits per heavy atom. The van der Waals surface area contributed by atoms with Crippen LogP contribution < -0.4 is 5.56 Å². The smallest absolute Gasteiger partial charge is 0.275 e. The lowest BCUT2D eigenvalue weighted by Gasteiger charge is -2.34. The fourth-order valence-corrected chi connectivity index (χ4v) is 4.41. The molecule has 1 aliphatic rings. The zero-order valence-electron chi connectivity index (χ0n) is 19.0. The molecule has 0 aliphatic carbocycles. The van der Waals surface area contributed by atoms with Gasteiger partial charge < -0.3 is 9.30 Å². The van der Waals surface area contributed by atoms with Gasteiger partial charge in [0.25, 0.3) is 11.5 Å². The van der Waals surface area contributed by atoms with E-state index in [1.807, 2.05) is 65.7 Å². The van der Waals surface area contributed by atoms with Gasteiger partial charge in [-0.15, -0.1) is 0 Å². The molecule has 1 amide bonds. The monoisotopic (exact) mass is 444 g/mol. The van der Waals surface area contributed by atoms with Gasteiger partial charge in [-0.05, 0) is 24.1 Å². The summed E-state index contributed by atoms with van der Waals surface area (Å²) in [6, 6.07) is 13.2. The molecule has 1 fully saturated rings. The summed E-state index contributed by atoms with van der Waals surface area (Å²) in [5.74, 6) is 0.138. The largest absolute Gasteiger partial charge is 0.335 e. The van der Waals surface area contributed by atoms with E-state index in [0.29, 0.717) is 36.1 Å². The van der Waals surface area contributed by atoms with Gasteiger partial charge in [0.15, 0.2) is 5.69 Å². The van der Waals surface area contributed by atoms with Crippen molar-refractivity contribution in [2.24, 2.45) is 5.92 Å². The van der Waals surface area contributed by atoms with Crippen LogP contribution in [0.5, 0.6) is 0 Å². The summed E-state index contributed by atoms with van der Waals surface area (Å²) in [6.45, 7) is 8.07. The molecule has 0 bridgehead atoms. The van der Waals surface area contributed by atoms with Gasteiger partial charge in [-0.2, -0.15) is 5.10 Å². The molecule has 4 aromatic rings. The van der Waals surface area contributed by atoms with Crippen molar-refractivity contribution in [3.8, 4) is 0 Å². The van der Waals surface area contributed by atoms with Crippen LogP contribution in [0.2, 0.25) is 0 Å². The van der Waals surface area contributed by atoms with E-state index in [4.69, 9.17) is 0 Å². The predicted molar refractivity (Wildman–Crippen MR) is 127 cm³/mol. The Hall–Kier alpha value is -3.52. The number of hydrogen-bond donors (Lipinski definition) is 0. The molecule has 8 nitrogen and oxygen atoms in total. The van der Waals surface area contributed by atoms with E-state index in [2.05, 4.69) is 21.2 Å². The summed E-state index contributed by atoms with van der Waals surface area (Å²) in [7, 11) is 0. The number of aromatic nitrogens is 4. The lowest BCUT2D eigenvalue weighted by molar-refractivity contribution is 0.0621. The van der Waals surface area contributed by atoms with E-state index in [1.54, 1.807) is 6.07 Å². The summed E-state index contributed by atoms with van der Waals surface area (Å²) in [5.41, 5.74) is 2.18. The molecule has 170 valence electrons. The third-order valence-corrected chi connectivity index (χ3v) is 6.07. The van der Waals surface area contributed by atoms with Crippen LogP contribution >= 0.6 is 0 Å². The molecule has 33 heavy (non-hydrogen) atoms. The maximum atomic E-state index is 13.5. The number of imidazole rings is 1. The van der Waals surface area contributed by atoms with E-state index in [9.17, 15) is 9.59 Å². The SMILES string of the molecule is CC(C)Cn1nc(C(=O)N2CCN(Cc3cn4ccccc4n3)CC2)c2ccccc2c1=O. The van der Waals surface area contributed by atoms with Crippen molar-refractivity contribution in [2.75, 3.05) is 26.2 Å². The number of fused-ring (bicyclic) bond motifs is 2. The van der Waals surface area contributed by atoms with Crippen LogP contribution in [-0.4, -0.2) is 61.1 Å². The van der Waals surface area contributed by atoms with E-state index in [1.165, 1.54) is 4.68 Å². The number of carbonyl (C=O) groups excluding carboxylic acids is 1. The number of nitrogens with zero attached hydrogens (tertiary/aromatic N) is 6. The molecule has 0 atom stereocenters. The van der Waals surface area contributed by atoms with Crippen molar-refractivity contribution in [1.29, 1.82) is 0 Å². The van der Waals surface area contributed by atoms with E-state index >= 15 is 0 Å². The van der Waals surface area contributed by atoms with Gasteiger partial charge in [0, 0.05) is 57.0 Å². The number of piperazine rings is 1. The lowest BCUT2D eigenvalue weighted by Crippen LogP contribution is -2.48. The van der Waals surface area contributed by atoms with Crippen molar-refractivity contribution in [3.05, 3.63) is 76.6 Å². The third-order valence-electron chi connectivity index (χ3n) is 6.07. The van der Waals surface area contributed by atoms with Crippen LogP contribution in [0.15, 0.2) is 59.7 Å². The van der Waals surface area contributed by atoms with E-state index in [0.717, 1.165) is 31.0 Å². The first-order valence-corrected chi connectivity index (χ1v) is 11.4. The molecule has 1 saturated heterocycles. The molecule has 1 aromatic carbocycles. The summed E-state index contributed by atoms with van der Waals surface area (Å²) >= 11 is 0. The van der Waals surface area contributed by atoms with Crippen LogP contribution in [0.3, 0.4) is 0 Å². The van der Waals surface area contributed by atoms with Crippen LogP contribution in [0, 0.1) is 5.92 Å². The molecule has 0 saturated carbocycles. The van der Waals surface area contributed by atoms with Crippen molar-refractivity contribution < 1.29 is 4.79 Å². The Kier molecular flexibility index (Phi) is 5.68. The van der Waals surface area contributed by atoms with Crippen molar-refractivity contribution in [3.63, 3.8) is 0 Å². The maximum absolute atomic E-state index is 13.5. The second-order valence-electron chi connectivity index (χ2n) is 9.04. The standard InChI is InChI=1S/C25H28N6O2/c1-18(2)15-31-24(32)21-8-4-3-7-20(21)23(27-31)25(33)29-13-11-28(12-14-29)16-19-17-30-10-6-5-9-22(30)26-19/h3-10,17-18H,11-16H2,1-2H3. The summed E-state index contributed by atoms with van der Waals surface area (Å²) in [4.78, 5) is 35.2. The highest BCUT2D eigenvalue weighted by Crippen LogP contribution is 2.17. The zero-order valence-corrected chi connectivity index (χ0v) is 19.0. The number of hydrogen-bond acceptors (Lipinski definition) is 5. The number of rotatable bonds is 5. The second-order valence-corrected chi connectivity index (χ2v) is 9.04. The zero-order chi connectivity index (χ0) is 22.9. The molecule has 5 rings (SSSR count). The van der Waals surface area contributed by atoms with Crippen molar-refractivity contribution in [1.82, 2.24) is 29.0 Å². The number of benzene rings is 1. The highest BCUT2D eigenvalue weighted by molar-refractivity contribution is 6.04. The summed E-state index contributed by atoms with van der Waals surface area (Å²) in [6.07, 6.45) is 4.05. The topological polar surface area (TPSA) is 75.7 Å². The molecule has 0 radical (unpaired) electrons. The van der Waals surface area contributed by atoms with E-state index in [-0.39, 0.29) is 17.4 Å². The summed E-state index contributed by atoms with van der Waals surface area (Å²) < 4.78 is 3.47. The Morgan fingerprint density at radius 1 is 1.00 bits per heavy atom. The molecular weight excluding hydrogens is 416 g/mol. The van der Waals surface area contributed by atoms with Gasteiger partial charge in [-0.3, -0.25) is 14.5 Å². The first-order valence-electron chi connectivity index (χ1n) is 11.4. The molecule has 1 aliphatic heterocycles. The number of amides is 1. The van der Waals surface area contributed by atoms with Crippen LogP contribution in [0.4, 0.5) is 0 Å². The van der Waals surface area contributed by atoms with Gasteiger partial charge >= 0.3 is 0 Å². The normalized spacial score (nSPS) is 15.1. The molecule has 0 spiro atoms. The lowest BCUT2D eigenvalue weighted by atomic mass is 10.1. The Labute approximate surface area is 192 Å². The average Bonchev–Trinajstić information content (AvgIpc) is 3.23. The van der Waals surface area contributed by atoms with Gasteiger partial charge in [0.1, 0.15) is 5.65 Å². The molecule has 0 N–H and O–H groups in total. The minimum absolute atomic E-state index is 0.115. The summed E-state index contributed by atoms with van der Waals surface area (Å²) in [5, 5.41) is 5.68. The molecule has 0 unspecified atom stereocenters. The van der Waals surface area contributed by atoms with Crippen LogP contribution in [0.25, 0.3) is 16.4 Å². The Morgan fingerprint density at radius 2 is 1.73 bits per heavy atom. The first kappa shape index (κ1) is 21.3. The minimum Gasteiger partial charge on any atom is -0.335 e. The van der Waals surface area contributed by atoms with Crippen molar-refractivity contribution in [2.45, 2.75) is 26.9 Å². The van der Waals surface area contributed by atoms with Crippen molar-refractivity contribution >= 4 is 22.3 Å². The highest BCUT2D eigenvalue weighted by Gasteiger charge is 2.26. The highest BCUT2D eigenvalue weighted by atomic mass is 16.2. The minimum atomic E-state index is -0.145. The fraction of sp³-hybridized carbons (Fsp3) is 0.360. The molecule has 8 heteroatoms. The molecular formula is C25H28N6O2. The molecule has 4 heterocycles. The number of pyridine rings is 1. The van der Waals surface area contributed by atoms with Crippen LogP contribution in [-0.2, 0) is 13.1 Å². The van der Waals surface area contributed by atoms with Gasteiger partial charge in [-0.1, -0.05) is 38.1 Å². The maximum Gasteiger partial charge on any atom is 0.275 e. The molecule has 3 aromatic heterocycles. The fourth-order valence-electron chi connectivity index (χ4n) is 4.41. The van der Waals surface area contributed by atoms with Gasteiger partial charge in [0.2, 0.25) is 0 Å². The predicted octanol–water partition coefficient (Wildman–Crippen LogP) is 2.66. The Balaban J connectivity index is 1.33. The first-order chi connectivity index (χ1) is 16.0. The third kappa shape index (κ3) is 4.26. The average molecular weight is 445 g/mol. The van der Waals surface area contributed by atoms with Gasteiger partial charge in [-0.25, -0.2) is 9.67 Å². The second kappa shape index (κ2) is 8.78. The Bertz CT molecular complexity index is 1330. The van der Waals surface area contributed by atoms with E-state index < -0.39 is 0 Å².